The summed E-state index contributed by atoms with van der Waals surface area (Å²) in [6.07, 6.45) is 5.98. The van der Waals surface area contributed by atoms with Gasteiger partial charge in [0.15, 0.2) is 0 Å². The normalized spacial score (nSPS) is 15.2. The van der Waals surface area contributed by atoms with Gasteiger partial charge in [0, 0.05) is 27.3 Å². The van der Waals surface area contributed by atoms with Crippen molar-refractivity contribution in [2.24, 2.45) is 0 Å². The second kappa shape index (κ2) is 8.59. The maximum atomic E-state index is 12.3. The Labute approximate surface area is 153 Å². The Kier molecular flexibility index (Phi) is 6.22. The molecule has 1 fully saturated rings. The lowest BCUT2D eigenvalue weighted by Gasteiger charge is -2.22. The molecule has 1 amide bonds. The molecule has 1 aliphatic rings. The van der Waals surface area contributed by atoms with Crippen LogP contribution in [0.4, 0.5) is 0 Å². The molecule has 0 radical (unpaired) electrons. The lowest BCUT2D eigenvalue weighted by molar-refractivity contribution is 0.0927. The van der Waals surface area contributed by atoms with E-state index in [0.29, 0.717) is 6.04 Å². The van der Waals surface area contributed by atoms with Gasteiger partial charge in [0.25, 0.3) is 5.91 Å². The average molecular weight is 360 g/mol. The first-order valence-electron chi connectivity index (χ1n) is 8.49. The van der Waals surface area contributed by atoms with E-state index in [2.05, 4.69) is 5.32 Å². The quantitative estimate of drug-likeness (QED) is 0.694. The molecule has 0 bridgehead atoms. The number of carbonyl (C=O) groups is 1. The van der Waals surface area contributed by atoms with E-state index < -0.39 is 0 Å². The minimum absolute atomic E-state index is 0.0544. The van der Waals surface area contributed by atoms with Gasteiger partial charge in [-0.05, 0) is 54.8 Å². The summed E-state index contributed by atoms with van der Waals surface area (Å²) >= 11 is 7.66. The van der Waals surface area contributed by atoms with Gasteiger partial charge in [-0.3, -0.25) is 4.79 Å². The number of benzene rings is 2. The van der Waals surface area contributed by atoms with Crippen LogP contribution in [0.1, 0.15) is 48.0 Å². The van der Waals surface area contributed by atoms with Crippen molar-refractivity contribution in [1.82, 2.24) is 5.32 Å². The first-order chi connectivity index (χ1) is 11.7. The summed E-state index contributed by atoms with van der Waals surface area (Å²) in [6.45, 7) is 0. The van der Waals surface area contributed by atoms with Gasteiger partial charge in [-0.2, -0.15) is 0 Å². The number of thioether (sulfide) groups is 1. The zero-order chi connectivity index (χ0) is 16.8. The van der Waals surface area contributed by atoms with Gasteiger partial charge in [0.05, 0.1) is 0 Å². The predicted molar refractivity (Wildman–Crippen MR) is 102 cm³/mol. The molecule has 3 rings (SSSR count). The predicted octanol–water partition coefficient (Wildman–Crippen LogP) is 5.69. The van der Waals surface area contributed by atoms with E-state index in [1.54, 1.807) is 11.8 Å². The van der Waals surface area contributed by atoms with Crippen molar-refractivity contribution in [3.05, 3.63) is 64.7 Å². The van der Waals surface area contributed by atoms with Crippen LogP contribution in [0.2, 0.25) is 5.02 Å². The Morgan fingerprint density at radius 1 is 1.00 bits per heavy atom. The van der Waals surface area contributed by atoms with Crippen molar-refractivity contribution in [3.63, 3.8) is 0 Å². The van der Waals surface area contributed by atoms with Crippen LogP contribution in [0.25, 0.3) is 0 Å². The minimum Gasteiger partial charge on any atom is -0.349 e. The van der Waals surface area contributed by atoms with Crippen molar-refractivity contribution in [3.8, 4) is 0 Å². The van der Waals surface area contributed by atoms with Gasteiger partial charge in [-0.15, -0.1) is 11.8 Å². The van der Waals surface area contributed by atoms with Crippen molar-refractivity contribution < 1.29 is 4.79 Å². The van der Waals surface area contributed by atoms with Crippen LogP contribution in [0.3, 0.4) is 0 Å². The van der Waals surface area contributed by atoms with Crippen LogP contribution < -0.4 is 5.32 Å². The van der Waals surface area contributed by atoms with Crippen LogP contribution in [0, 0.1) is 0 Å². The van der Waals surface area contributed by atoms with Gasteiger partial charge in [0.1, 0.15) is 0 Å². The molecule has 24 heavy (non-hydrogen) atoms. The minimum atomic E-state index is 0.0544. The fourth-order valence-corrected chi connectivity index (χ4v) is 3.95. The number of nitrogens with one attached hydrogen (secondary N) is 1. The van der Waals surface area contributed by atoms with E-state index in [4.69, 9.17) is 11.6 Å². The molecule has 126 valence electrons. The van der Waals surface area contributed by atoms with Crippen LogP contribution in [0.5, 0.6) is 0 Å². The third-order valence-electron chi connectivity index (χ3n) is 4.38. The summed E-state index contributed by atoms with van der Waals surface area (Å²) in [7, 11) is 0. The number of rotatable bonds is 5. The summed E-state index contributed by atoms with van der Waals surface area (Å²) in [6, 6.07) is 16.2. The number of carbonyl (C=O) groups excluding carboxylic acids is 1. The molecular formula is C20H22ClNOS. The van der Waals surface area contributed by atoms with E-state index in [0.717, 1.165) is 29.2 Å². The molecular weight excluding hydrogens is 338 g/mol. The highest BCUT2D eigenvalue weighted by atomic mass is 35.5. The third kappa shape index (κ3) is 5.02. The third-order valence-corrected chi connectivity index (χ3v) is 5.71. The zero-order valence-corrected chi connectivity index (χ0v) is 15.2. The standard InChI is InChI=1S/C20H22ClNOS/c21-17-10-12-19(13-11-17)24-14-15-6-8-16(9-7-15)20(23)22-18-4-2-1-3-5-18/h6-13,18H,1-5,14H2,(H,22,23). The van der Waals surface area contributed by atoms with E-state index >= 15 is 0 Å². The summed E-state index contributed by atoms with van der Waals surface area (Å²) in [5, 5.41) is 3.92. The number of amides is 1. The SMILES string of the molecule is O=C(NC1CCCCC1)c1ccc(CSc2ccc(Cl)cc2)cc1. The highest BCUT2D eigenvalue weighted by molar-refractivity contribution is 7.98. The molecule has 2 aromatic carbocycles. The van der Waals surface area contributed by atoms with Gasteiger partial charge in [-0.25, -0.2) is 0 Å². The highest BCUT2D eigenvalue weighted by Gasteiger charge is 2.16. The molecule has 0 heterocycles. The molecule has 0 aromatic heterocycles. The van der Waals surface area contributed by atoms with Gasteiger partial charge in [0.2, 0.25) is 0 Å². The van der Waals surface area contributed by atoms with Crippen LogP contribution in [-0.2, 0) is 5.75 Å². The van der Waals surface area contributed by atoms with E-state index in [9.17, 15) is 4.79 Å². The molecule has 1 aliphatic carbocycles. The maximum absolute atomic E-state index is 12.3. The lowest BCUT2D eigenvalue weighted by atomic mass is 9.95. The molecule has 0 atom stereocenters. The van der Waals surface area contributed by atoms with Crippen LogP contribution in [-0.4, -0.2) is 11.9 Å². The summed E-state index contributed by atoms with van der Waals surface area (Å²) in [5.74, 6) is 0.936. The lowest BCUT2D eigenvalue weighted by Crippen LogP contribution is -2.36. The van der Waals surface area contributed by atoms with E-state index in [-0.39, 0.29) is 5.91 Å². The second-order valence-electron chi connectivity index (χ2n) is 6.25. The fourth-order valence-electron chi connectivity index (χ4n) is 2.97. The zero-order valence-electron chi connectivity index (χ0n) is 13.6. The molecule has 1 saturated carbocycles. The molecule has 1 N–H and O–H groups in total. The molecule has 2 aromatic rings. The number of hydrogen-bond acceptors (Lipinski definition) is 2. The Balaban J connectivity index is 1.52. The van der Waals surface area contributed by atoms with Gasteiger partial charge in [-0.1, -0.05) is 43.0 Å². The summed E-state index contributed by atoms with van der Waals surface area (Å²) in [4.78, 5) is 13.5. The Hall–Kier alpha value is -1.45. The van der Waals surface area contributed by atoms with Gasteiger partial charge < -0.3 is 5.32 Å². The van der Waals surface area contributed by atoms with Crippen molar-refractivity contribution in [2.45, 2.75) is 48.8 Å². The molecule has 0 aliphatic heterocycles. The molecule has 0 unspecified atom stereocenters. The monoisotopic (exact) mass is 359 g/mol. The first-order valence-corrected chi connectivity index (χ1v) is 9.85. The molecule has 0 spiro atoms. The summed E-state index contributed by atoms with van der Waals surface area (Å²) < 4.78 is 0. The van der Waals surface area contributed by atoms with E-state index in [1.807, 2.05) is 48.5 Å². The number of hydrogen-bond donors (Lipinski definition) is 1. The topological polar surface area (TPSA) is 29.1 Å². The van der Waals surface area contributed by atoms with Crippen LogP contribution in [0.15, 0.2) is 53.4 Å². The number of halogens is 1. The van der Waals surface area contributed by atoms with E-state index in [1.165, 1.54) is 29.7 Å². The second-order valence-corrected chi connectivity index (χ2v) is 7.73. The Morgan fingerprint density at radius 3 is 2.33 bits per heavy atom. The van der Waals surface area contributed by atoms with Crippen molar-refractivity contribution >= 4 is 29.3 Å². The smallest absolute Gasteiger partial charge is 0.251 e. The fraction of sp³-hybridized carbons (Fsp3) is 0.350. The van der Waals surface area contributed by atoms with Crippen molar-refractivity contribution in [2.75, 3.05) is 0 Å². The van der Waals surface area contributed by atoms with Gasteiger partial charge >= 0.3 is 0 Å². The maximum Gasteiger partial charge on any atom is 0.251 e. The Morgan fingerprint density at radius 2 is 1.67 bits per heavy atom. The Bertz CT molecular complexity index is 663. The van der Waals surface area contributed by atoms with Crippen molar-refractivity contribution in [1.29, 1.82) is 0 Å². The van der Waals surface area contributed by atoms with Crippen LogP contribution >= 0.6 is 23.4 Å². The molecule has 2 nitrogen and oxygen atoms in total. The largest absolute Gasteiger partial charge is 0.349 e. The molecule has 0 saturated heterocycles. The highest BCUT2D eigenvalue weighted by Crippen LogP contribution is 2.24. The molecule has 4 heteroatoms. The average Bonchev–Trinajstić information content (AvgIpc) is 2.62. The first kappa shape index (κ1) is 17.4. The summed E-state index contributed by atoms with van der Waals surface area (Å²) in [5.41, 5.74) is 1.96.